The molecule has 0 aromatic heterocycles. The van der Waals surface area contributed by atoms with Crippen LogP contribution < -0.4 is 5.32 Å². The molecule has 1 N–H and O–H groups in total. The fourth-order valence-electron chi connectivity index (χ4n) is 2.26. The number of hydrogen-bond acceptors (Lipinski definition) is 1. The van der Waals surface area contributed by atoms with Crippen LogP contribution in [0.1, 0.15) is 37.1 Å². The van der Waals surface area contributed by atoms with Gasteiger partial charge in [-0.3, -0.25) is 0 Å². The standard InChI is InChI=1S/C16H15BrCl3N/c1-9(11-5-3-4-6-13(11)17)21-10(2)12-7-8-14(18)16(20)15(12)19/h3-10,21H,1-2H3. The van der Waals surface area contributed by atoms with Crippen molar-refractivity contribution in [1.82, 2.24) is 5.32 Å². The van der Waals surface area contributed by atoms with Crippen LogP contribution in [0.3, 0.4) is 0 Å². The van der Waals surface area contributed by atoms with Gasteiger partial charge in [-0.2, -0.15) is 0 Å². The maximum atomic E-state index is 6.29. The maximum Gasteiger partial charge on any atom is 0.0781 e. The molecule has 0 saturated heterocycles. The second-order valence-electron chi connectivity index (χ2n) is 4.90. The minimum Gasteiger partial charge on any atom is -0.304 e. The number of benzene rings is 2. The zero-order valence-corrected chi connectivity index (χ0v) is 15.5. The number of nitrogens with one attached hydrogen (secondary N) is 1. The van der Waals surface area contributed by atoms with Gasteiger partial charge in [-0.25, -0.2) is 0 Å². The van der Waals surface area contributed by atoms with Gasteiger partial charge in [0.05, 0.1) is 15.1 Å². The average Bonchev–Trinajstić information content (AvgIpc) is 2.45. The molecule has 5 heteroatoms. The van der Waals surface area contributed by atoms with Crippen LogP contribution in [-0.4, -0.2) is 0 Å². The SMILES string of the molecule is CC(NC(C)c1ccc(Cl)c(Cl)c1Cl)c1ccccc1Br. The molecular weight excluding hydrogens is 392 g/mol. The lowest BCUT2D eigenvalue weighted by atomic mass is 10.0. The van der Waals surface area contributed by atoms with E-state index < -0.39 is 0 Å². The fraction of sp³-hybridized carbons (Fsp3) is 0.250. The molecule has 0 saturated carbocycles. The number of rotatable bonds is 4. The Kier molecular flexibility index (Phi) is 5.98. The molecule has 0 bridgehead atoms. The first-order valence-electron chi connectivity index (χ1n) is 6.55. The second kappa shape index (κ2) is 7.34. The van der Waals surface area contributed by atoms with Crippen LogP contribution in [0.5, 0.6) is 0 Å². The third-order valence-electron chi connectivity index (χ3n) is 3.40. The summed E-state index contributed by atoms with van der Waals surface area (Å²) < 4.78 is 1.08. The minimum atomic E-state index is 0.0503. The van der Waals surface area contributed by atoms with E-state index in [1.54, 1.807) is 6.07 Å². The van der Waals surface area contributed by atoms with Crippen LogP contribution in [0.2, 0.25) is 15.1 Å². The summed E-state index contributed by atoms with van der Waals surface area (Å²) in [6.07, 6.45) is 0. The predicted molar refractivity (Wildman–Crippen MR) is 95.6 cm³/mol. The highest BCUT2D eigenvalue weighted by molar-refractivity contribution is 9.10. The predicted octanol–water partition coefficient (Wildman–Crippen LogP) is 6.82. The van der Waals surface area contributed by atoms with E-state index in [-0.39, 0.29) is 12.1 Å². The van der Waals surface area contributed by atoms with Crippen molar-refractivity contribution in [3.63, 3.8) is 0 Å². The molecule has 2 rings (SSSR count). The summed E-state index contributed by atoms with van der Waals surface area (Å²) in [5, 5.41) is 4.90. The smallest absolute Gasteiger partial charge is 0.0781 e. The average molecular weight is 408 g/mol. The summed E-state index contributed by atoms with van der Waals surface area (Å²) in [5.41, 5.74) is 2.13. The molecule has 0 spiro atoms. The van der Waals surface area contributed by atoms with E-state index in [0.29, 0.717) is 15.1 Å². The van der Waals surface area contributed by atoms with E-state index in [1.807, 2.05) is 24.3 Å². The molecule has 0 amide bonds. The molecule has 0 radical (unpaired) electrons. The van der Waals surface area contributed by atoms with Crippen LogP contribution in [0.15, 0.2) is 40.9 Å². The highest BCUT2D eigenvalue weighted by atomic mass is 79.9. The molecule has 2 aromatic carbocycles. The van der Waals surface area contributed by atoms with Crippen LogP contribution in [-0.2, 0) is 0 Å². The van der Waals surface area contributed by atoms with Gasteiger partial charge in [0.1, 0.15) is 0 Å². The summed E-state index contributed by atoms with van der Waals surface area (Å²) >= 11 is 21.9. The van der Waals surface area contributed by atoms with Gasteiger partial charge in [-0.05, 0) is 37.1 Å². The Bertz CT molecular complexity index is 645. The van der Waals surface area contributed by atoms with Crippen molar-refractivity contribution >= 4 is 50.7 Å². The lowest BCUT2D eigenvalue weighted by Gasteiger charge is -2.23. The molecule has 2 aromatic rings. The Labute approximate surface area is 148 Å². The zero-order valence-electron chi connectivity index (χ0n) is 11.6. The Morgan fingerprint density at radius 1 is 0.857 bits per heavy atom. The van der Waals surface area contributed by atoms with Crippen LogP contribution >= 0.6 is 50.7 Å². The molecular formula is C16H15BrCl3N. The first-order chi connectivity index (χ1) is 9.91. The lowest BCUT2D eigenvalue weighted by Crippen LogP contribution is -2.23. The van der Waals surface area contributed by atoms with E-state index in [2.05, 4.69) is 41.2 Å². The van der Waals surface area contributed by atoms with Gasteiger partial charge in [0, 0.05) is 16.6 Å². The summed E-state index contributed by atoms with van der Waals surface area (Å²) in [7, 11) is 0. The summed E-state index contributed by atoms with van der Waals surface area (Å²) in [5.74, 6) is 0. The van der Waals surface area contributed by atoms with Gasteiger partial charge < -0.3 is 5.32 Å². The highest BCUT2D eigenvalue weighted by Crippen LogP contribution is 2.36. The molecule has 21 heavy (non-hydrogen) atoms. The van der Waals surface area contributed by atoms with Crippen molar-refractivity contribution in [2.75, 3.05) is 0 Å². The molecule has 0 fully saturated rings. The van der Waals surface area contributed by atoms with Crippen molar-refractivity contribution in [2.24, 2.45) is 0 Å². The van der Waals surface area contributed by atoms with Gasteiger partial charge in [-0.1, -0.05) is 75.0 Å². The van der Waals surface area contributed by atoms with Crippen LogP contribution in [0, 0.1) is 0 Å². The Balaban J connectivity index is 2.20. The Hall–Kier alpha value is -0.250. The van der Waals surface area contributed by atoms with Gasteiger partial charge in [0.25, 0.3) is 0 Å². The van der Waals surface area contributed by atoms with Gasteiger partial charge in [-0.15, -0.1) is 0 Å². The molecule has 0 aliphatic heterocycles. The third kappa shape index (κ3) is 3.94. The minimum absolute atomic E-state index is 0.0503. The Morgan fingerprint density at radius 3 is 2.14 bits per heavy atom. The third-order valence-corrected chi connectivity index (χ3v) is 5.43. The van der Waals surface area contributed by atoms with Crippen molar-refractivity contribution in [3.8, 4) is 0 Å². The van der Waals surface area contributed by atoms with E-state index >= 15 is 0 Å². The van der Waals surface area contributed by atoms with Gasteiger partial charge in [0.2, 0.25) is 0 Å². The van der Waals surface area contributed by atoms with Gasteiger partial charge in [0.15, 0.2) is 0 Å². The van der Waals surface area contributed by atoms with Crippen molar-refractivity contribution < 1.29 is 0 Å². The number of halogens is 4. The highest BCUT2D eigenvalue weighted by Gasteiger charge is 2.17. The lowest BCUT2D eigenvalue weighted by molar-refractivity contribution is 0.493. The molecule has 2 atom stereocenters. The first kappa shape index (κ1) is 17.1. The monoisotopic (exact) mass is 405 g/mol. The van der Waals surface area contributed by atoms with E-state index in [9.17, 15) is 0 Å². The molecule has 0 heterocycles. The quantitative estimate of drug-likeness (QED) is 0.548. The maximum absolute atomic E-state index is 6.29. The van der Waals surface area contributed by atoms with Crippen LogP contribution in [0.4, 0.5) is 0 Å². The Morgan fingerprint density at radius 2 is 1.48 bits per heavy atom. The van der Waals surface area contributed by atoms with E-state index in [1.165, 1.54) is 5.56 Å². The second-order valence-corrected chi connectivity index (χ2v) is 6.91. The van der Waals surface area contributed by atoms with E-state index in [4.69, 9.17) is 34.8 Å². The molecule has 1 nitrogen and oxygen atoms in total. The first-order valence-corrected chi connectivity index (χ1v) is 8.48. The fourth-order valence-corrected chi connectivity index (χ4v) is 3.59. The summed E-state index contributed by atoms with van der Waals surface area (Å²) in [6.45, 7) is 4.17. The van der Waals surface area contributed by atoms with Crippen molar-refractivity contribution in [1.29, 1.82) is 0 Å². The van der Waals surface area contributed by atoms with Crippen molar-refractivity contribution in [3.05, 3.63) is 67.1 Å². The molecule has 112 valence electrons. The molecule has 2 unspecified atom stereocenters. The van der Waals surface area contributed by atoms with Gasteiger partial charge >= 0.3 is 0 Å². The topological polar surface area (TPSA) is 12.0 Å². The summed E-state index contributed by atoms with van der Waals surface area (Å²) in [6, 6.07) is 12.0. The molecule has 0 aliphatic carbocycles. The summed E-state index contributed by atoms with van der Waals surface area (Å²) in [4.78, 5) is 0. The van der Waals surface area contributed by atoms with E-state index in [0.717, 1.165) is 10.0 Å². The van der Waals surface area contributed by atoms with Crippen LogP contribution in [0.25, 0.3) is 0 Å². The van der Waals surface area contributed by atoms with Crippen molar-refractivity contribution in [2.45, 2.75) is 25.9 Å². The molecule has 0 aliphatic rings. The largest absolute Gasteiger partial charge is 0.304 e. The number of hydrogen-bond donors (Lipinski definition) is 1. The normalized spacial score (nSPS) is 14.0. The zero-order chi connectivity index (χ0) is 15.6.